The first-order valence-electron chi connectivity index (χ1n) is 3.32. The van der Waals surface area contributed by atoms with Gasteiger partial charge >= 0.3 is 21.1 Å². The van der Waals surface area contributed by atoms with Gasteiger partial charge in [0.15, 0.2) is 0 Å². The molecule has 0 aromatic carbocycles. The van der Waals surface area contributed by atoms with E-state index in [2.05, 4.69) is 24.3 Å². The first-order chi connectivity index (χ1) is 4.00. The van der Waals surface area contributed by atoms with Crippen LogP contribution in [0.4, 0.5) is 0 Å². The number of allylic oxidation sites excluding steroid dienone is 4. The van der Waals surface area contributed by atoms with Crippen molar-refractivity contribution < 1.29 is 70.7 Å². The van der Waals surface area contributed by atoms with Gasteiger partial charge in [-0.25, -0.2) is 0 Å². The molecule has 0 fully saturated rings. The number of halogens is 4. The second-order valence-electron chi connectivity index (χ2n) is 2.14. The van der Waals surface area contributed by atoms with Gasteiger partial charge in [0.05, 0.1) is 0 Å². The maximum Gasteiger partial charge on any atom is 4.00 e. The third-order valence-corrected chi connectivity index (χ3v) is 1.37. The minimum atomic E-state index is 0. The molecule has 1 aliphatic carbocycles. The van der Waals surface area contributed by atoms with Crippen LogP contribution in [0.1, 0.15) is 25.7 Å². The Labute approximate surface area is 120 Å². The SMILES string of the molecule is C1=C\CCCC\C=C/1.[Cl-].[Cl-].[Cl-].[Cl-].[Pt+4]. The first kappa shape index (κ1) is 29.3. The van der Waals surface area contributed by atoms with Gasteiger partial charge in [-0.2, -0.15) is 0 Å². The molecule has 0 N–H and O–H groups in total. The van der Waals surface area contributed by atoms with E-state index < -0.39 is 0 Å². The molecule has 0 saturated carbocycles. The van der Waals surface area contributed by atoms with Crippen molar-refractivity contribution in [3.05, 3.63) is 24.3 Å². The van der Waals surface area contributed by atoms with E-state index in [4.69, 9.17) is 0 Å². The van der Waals surface area contributed by atoms with Crippen LogP contribution >= 0.6 is 0 Å². The van der Waals surface area contributed by atoms with Crippen molar-refractivity contribution in [1.82, 2.24) is 0 Å². The molecular weight excluding hydrogens is 433 g/mol. The van der Waals surface area contributed by atoms with Crippen molar-refractivity contribution in [2.75, 3.05) is 0 Å². The van der Waals surface area contributed by atoms with Crippen molar-refractivity contribution in [2.24, 2.45) is 0 Å². The molecule has 1 rings (SSSR count). The summed E-state index contributed by atoms with van der Waals surface area (Å²) in [6.07, 6.45) is 14.0. The van der Waals surface area contributed by atoms with Crippen LogP contribution in [0.15, 0.2) is 24.3 Å². The van der Waals surface area contributed by atoms with E-state index in [9.17, 15) is 0 Å². The summed E-state index contributed by atoms with van der Waals surface area (Å²) in [6.45, 7) is 0. The van der Waals surface area contributed by atoms with Crippen LogP contribution in [0.25, 0.3) is 0 Å². The molecule has 0 radical (unpaired) electrons. The van der Waals surface area contributed by atoms with Gasteiger partial charge in [0.2, 0.25) is 0 Å². The van der Waals surface area contributed by atoms with Crippen LogP contribution in [0, 0.1) is 0 Å². The minimum Gasteiger partial charge on any atom is -1.00 e. The normalized spacial score (nSPS) is 17.2. The summed E-state index contributed by atoms with van der Waals surface area (Å²) < 4.78 is 0. The average Bonchev–Trinajstić information content (AvgIpc) is 1.62. The predicted octanol–water partition coefficient (Wildman–Crippen LogP) is -9.31. The molecule has 0 nitrogen and oxygen atoms in total. The van der Waals surface area contributed by atoms with Gasteiger partial charge < -0.3 is 49.6 Å². The molecule has 0 aliphatic heterocycles. The monoisotopic (exact) mass is 443 g/mol. The van der Waals surface area contributed by atoms with Gasteiger partial charge in [0.1, 0.15) is 0 Å². The van der Waals surface area contributed by atoms with E-state index in [1.807, 2.05) is 0 Å². The fourth-order valence-electron chi connectivity index (χ4n) is 0.874. The zero-order valence-electron chi connectivity index (χ0n) is 6.97. The fourth-order valence-corrected chi connectivity index (χ4v) is 0.874. The summed E-state index contributed by atoms with van der Waals surface area (Å²) in [7, 11) is 0. The number of hydrogen-bond acceptors (Lipinski definition) is 0. The smallest absolute Gasteiger partial charge is 1.00 e. The summed E-state index contributed by atoms with van der Waals surface area (Å²) in [5.41, 5.74) is 0. The molecule has 0 atom stereocenters. The van der Waals surface area contributed by atoms with E-state index in [-0.39, 0.29) is 70.7 Å². The summed E-state index contributed by atoms with van der Waals surface area (Å²) in [5.74, 6) is 0. The van der Waals surface area contributed by atoms with Crippen molar-refractivity contribution in [3.63, 3.8) is 0 Å². The van der Waals surface area contributed by atoms with Gasteiger partial charge in [-0.1, -0.05) is 24.3 Å². The number of hydrogen-bond donors (Lipinski definition) is 0. The molecule has 13 heavy (non-hydrogen) atoms. The molecule has 0 aromatic heterocycles. The Morgan fingerprint density at radius 3 is 1.23 bits per heavy atom. The second kappa shape index (κ2) is 23.3. The van der Waals surface area contributed by atoms with E-state index in [1.165, 1.54) is 25.7 Å². The quantitative estimate of drug-likeness (QED) is 0.348. The minimum absolute atomic E-state index is 0. The predicted molar refractivity (Wildman–Crippen MR) is 36.7 cm³/mol. The van der Waals surface area contributed by atoms with Crippen molar-refractivity contribution >= 4 is 0 Å². The standard InChI is InChI=1S/C8H12.4ClH.Pt/c1-2-4-6-8-7-5-3-1;;;;;/h1-4H,5-8H2;4*1H;/q;;;;;+4/p-4/b3-1-,4-2-;;;;;. The molecule has 0 bridgehead atoms. The number of rotatable bonds is 0. The van der Waals surface area contributed by atoms with Crippen LogP contribution in [-0.4, -0.2) is 0 Å². The fraction of sp³-hybridized carbons (Fsp3) is 0.500. The molecule has 5 heteroatoms. The Hall–Kier alpha value is 1.33. The topological polar surface area (TPSA) is 0 Å². The molecule has 0 amide bonds. The maximum absolute atomic E-state index is 2.23. The van der Waals surface area contributed by atoms with Crippen LogP contribution in [-0.2, 0) is 21.1 Å². The van der Waals surface area contributed by atoms with E-state index in [1.54, 1.807) is 0 Å². The van der Waals surface area contributed by atoms with Crippen LogP contribution in [0.5, 0.6) is 0 Å². The van der Waals surface area contributed by atoms with Crippen LogP contribution in [0.3, 0.4) is 0 Å². The van der Waals surface area contributed by atoms with Crippen LogP contribution in [0.2, 0.25) is 0 Å². The van der Waals surface area contributed by atoms with Gasteiger partial charge in [0.25, 0.3) is 0 Å². The van der Waals surface area contributed by atoms with Gasteiger partial charge in [-0.15, -0.1) is 0 Å². The van der Waals surface area contributed by atoms with Crippen molar-refractivity contribution in [2.45, 2.75) is 25.7 Å². The third kappa shape index (κ3) is 19.7. The average molecular weight is 445 g/mol. The van der Waals surface area contributed by atoms with Crippen molar-refractivity contribution in [3.8, 4) is 0 Å². The summed E-state index contributed by atoms with van der Waals surface area (Å²) in [4.78, 5) is 0. The van der Waals surface area contributed by atoms with E-state index in [0.29, 0.717) is 0 Å². The van der Waals surface area contributed by atoms with Gasteiger partial charge in [-0.3, -0.25) is 0 Å². The zero-order valence-corrected chi connectivity index (χ0v) is 12.3. The molecule has 1 aliphatic rings. The first-order valence-corrected chi connectivity index (χ1v) is 3.32. The molecular formula is C8H12Cl4Pt. The summed E-state index contributed by atoms with van der Waals surface area (Å²) in [5, 5.41) is 0. The van der Waals surface area contributed by atoms with Gasteiger partial charge in [-0.05, 0) is 25.7 Å². The molecule has 0 spiro atoms. The largest absolute Gasteiger partial charge is 4.00 e. The molecule has 82 valence electrons. The zero-order chi connectivity index (χ0) is 5.66. The Bertz CT molecular complexity index is 101. The molecule has 0 aromatic rings. The Balaban J connectivity index is -0.0000000427. The molecule has 0 unspecified atom stereocenters. The Morgan fingerprint density at radius 2 is 0.923 bits per heavy atom. The molecule has 0 saturated heterocycles. The van der Waals surface area contributed by atoms with E-state index >= 15 is 0 Å². The van der Waals surface area contributed by atoms with Crippen molar-refractivity contribution in [1.29, 1.82) is 0 Å². The van der Waals surface area contributed by atoms with E-state index in [0.717, 1.165) is 0 Å². The van der Waals surface area contributed by atoms with Gasteiger partial charge in [0, 0.05) is 0 Å². The Kier molecular flexibility index (Phi) is 52.4. The maximum atomic E-state index is 2.23. The molecule has 0 heterocycles. The summed E-state index contributed by atoms with van der Waals surface area (Å²) >= 11 is 0. The third-order valence-electron chi connectivity index (χ3n) is 1.37. The second-order valence-corrected chi connectivity index (χ2v) is 2.14. The summed E-state index contributed by atoms with van der Waals surface area (Å²) in [6, 6.07) is 0. The Morgan fingerprint density at radius 1 is 0.615 bits per heavy atom. The van der Waals surface area contributed by atoms with Crippen LogP contribution < -0.4 is 49.6 Å².